The van der Waals surface area contributed by atoms with Gasteiger partial charge in [-0.05, 0) is 67.1 Å². The highest BCUT2D eigenvalue weighted by Gasteiger charge is 2.33. The predicted octanol–water partition coefficient (Wildman–Crippen LogP) is 4.86. The van der Waals surface area contributed by atoms with E-state index in [1.165, 1.54) is 17.0 Å². The maximum absolute atomic E-state index is 13.0. The average Bonchev–Trinajstić information content (AvgIpc) is 2.95. The maximum Gasteiger partial charge on any atom is 0.293 e. The first-order chi connectivity index (χ1) is 13.5. The molecule has 2 aromatic rings. The van der Waals surface area contributed by atoms with Gasteiger partial charge in [-0.15, -0.1) is 0 Å². The molecule has 5 nitrogen and oxygen atoms in total. The van der Waals surface area contributed by atoms with Crippen molar-refractivity contribution in [3.63, 3.8) is 0 Å². The second kappa shape index (κ2) is 8.93. The Kier molecular flexibility index (Phi) is 6.36. The summed E-state index contributed by atoms with van der Waals surface area (Å²) >= 11 is 0.929. The Balaban J connectivity index is 1.79. The van der Waals surface area contributed by atoms with Gasteiger partial charge in [0.15, 0.2) is 11.5 Å². The quantitative estimate of drug-likeness (QED) is 0.620. The van der Waals surface area contributed by atoms with E-state index in [-0.39, 0.29) is 23.6 Å². The molecule has 0 unspecified atom stereocenters. The Morgan fingerprint density at radius 2 is 1.79 bits per heavy atom. The number of halogens is 1. The third-order valence-corrected chi connectivity index (χ3v) is 4.97. The molecule has 2 amide bonds. The van der Waals surface area contributed by atoms with Crippen LogP contribution in [0.3, 0.4) is 0 Å². The number of likely N-dealkylation sites (N-methyl/N-ethyl adjacent to an activating group) is 1. The van der Waals surface area contributed by atoms with Crippen molar-refractivity contribution < 1.29 is 23.5 Å². The Bertz CT molecular complexity index is 911. The van der Waals surface area contributed by atoms with Crippen LogP contribution in [-0.2, 0) is 11.4 Å². The molecule has 0 aliphatic carbocycles. The van der Waals surface area contributed by atoms with Gasteiger partial charge in [0, 0.05) is 6.54 Å². The minimum atomic E-state index is -0.296. The number of hydrogen-bond donors (Lipinski definition) is 0. The van der Waals surface area contributed by atoms with Crippen LogP contribution < -0.4 is 9.47 Å². The van der Waals surface area contributed by atoms with Crippen molar-refractivity contribution >= 4 is 29.0 Å². The first kappa shape index (κ1) is 19.9. The number of rotatable bonds is 7. The molecule has 3 rings (SSSR count). The summed E-state index contributed by atoms with van der Waals surface area (Å²) in [4.78, 5) is 25.7. The van der Waals surface area contributed by atoms with Crippen molar-refractivity contribution in [2.24, 2.45) is 0 Å². The Morgan fingerprint density at radius 1 is 1.04 bits per heavy atom. The largest absolute Gasteiger partial charge is 0.490 e. The van der Waals surface area contributed by atoms with Crippen molar-refractivity contribution in [1.29, 1.82) is 0 Å². The summed E-state index contributed by atoms with van der Waals surface area (Å²) in [6.07, 6.45) is 1.67. The normalized spacial score (nSPS) is 15.4. The van der Waals surface area contributed by atoms with E-state index in [0.717, 1.165) is 22.9 Å². The van der Waals surface area contributed by atoms with Gasteiger partial charge in [-0.1, -0.05) is 18.2 Å². The van der Waals surface area contributed by atoms with Gasteiger partial charge in [0.05, 0.1) is 11.5 Å². The molecule has 1 aliphatic heterocycles. The van der Waals surface area contributed by atoms with Gasteiger partial charge in [-0.25, -0.2) is 4.39 Å². The van der Waals surface area contributed by atoms with Crippen molar-refractivity contribution in [2.75, 3.05) is 13.2 Å². The van der Waals surface area contributed by atoms with Crippen LogP contribution in [0.5, 0.6) is 11.5 Å². The molecule has 1 saturated heterocycles. The van der Waals surface area contributed by atoms with Crippen molar-refractivity contribution in [3.8, 4) is 11.5 Å². The highest BCUT2D eigenvalue weighted by atomic mass is 32.2. The van der Waals surface area contributed by atoms with Crippen LogP contribution in [0.1, 0.15) is 25.0 Å². The molecule has 7 heteroatoms. The summed E-state index contributed by atoms with van der Waals surface area (Å²) in [6, 6.07) is 11.4. The molecule has 0 radical (unpaired) electrons. The molecule has 0 bridgehead atoms. The van der Waals surface area contributed by atoms with Crippen LogP contribution in [0.2, 0.25) is 0 Å². The fourth-order valence-electron chi connectivity index (χ4n) is 2.67. The molecular weight excluding hydrogens is 381 g/mol. The summed E-state index contributed by atoms with van der Waals surface area (Å²) in [5.41, 5.74) is 1.57. The summed E-state index contributed by atoms with van der Waals surface area (Å²) in [6.45, 7) is 4.70. The topological polar surface area (TPSA) is 55.8 Å². The second-order valence-electron chi connectivity index (χ2n) is 5.98. The summed E-state index contributed by atoms with van der Waals surface area (Å²) in [5, 5.41) is -0.261. The monoisotopic (exact) mass is 401 g/mol. The van der Waals surface area contributed by atoms with Crippen molar-refractivity contribution in [3.05, 3.63) is 64.3 Å². The van der Waals surface area contributed by atoms with Gasteiger partial charge in [-0.3, -0.25) is 14.5 Å². The number of benzene rings is 2. The molecular formula is C21H20FNO4S. The summed E-state index contributed by atoms with van der Waals surface area (Å²) in [7, 11) is 0. The highest BCUT2D eigenvalue weighted by molar-refractivity contribution is 8.18. The summed E-state index contributed by atoms with van der Waals surface area (Å²) < 4.78 is 24.5. The number of thioether (sulfide) groups is 1. The van der Waals surface area contributed by atoms with Crippen LogP contribution in [0, 0.1) is 5.82 Å². The molecule has 28 heavy (non-hydrogen) atoms. The first-order valence-corrected chi connectivity index (χ1v) is 9.73. The van der Waals surface area contributed by atoms with E-state index in [9.17, 15) is 14.0 Å². The molecule has 2 aromatic carbocycles. The predicted molar refractivity (Wildman–Crippen MR) is 107 cm³/mol. The first-order valence-electron chi connectivity index (χ1n) is 8.91. The van der Waals surface area contributed by atoms with Crippen molar-refractivity contribution in [1.82, 2.24) is 4.90 Å². The molecule has 146 valence electrons. The minimum absolute atomic E-state index is 0.261. The van der Waals surface area contributed by atoms with Crippen LogP contribution in [0.25, 0.3) is 6.08 Å². The van der Waals surface area contributed by atoms with Crippen LogP contribution >= 0.6 is 11.8 Å². The van der Waals surface area contributed by atoms with Gasteiger partial charge in [0.2, 0.25) is 0 Å². The Hall–Kier alpha value is -2.80. The molecule has 0 N–H and O–H groups in total. The Morgan fingerprint density at radius 3 is 2.43 bits per heavy atom. The van der Waals surface area contributed by atoms with Gasteiger partial charge in [0.1, 0.15) is 12.4 Å². The molecule has 0 atom stereocenters. The highest BCUT2D eigenvalue weighted by Crippen LogP contribution is 2.34. The zero-order chi connectivity index (χ0) is 20.1. The molecule has 1 fully saturated rings. The fraction of sp³-hybridized carbons (Fsp3) is 0.238. The Labute approximate surface area is 167 Å². The van der Waals surface area contributed by atoms with Gasteiger partial charge < -0.3 is 9.47 Å². The van der Waals surface area contributed by atoms with E-state index in [1.807, 2.05) is 6.92 Å². The van der Waals surface area contributed by atoms with Crippen LogP contribution in [-0.4, -0.2) is 29.2 Å². The SMILES string of the molecule is CCOc1cc(/C=C2\SC(=O)N(CC)C2=O)ccc1OCc1ccc(F)cc1. The molecule has 0 aromatic heterocycles. The molecule has 1 aliphatic rings. The number of amides is 2. The fourth-order valence-corrected chi connectivity index (χ4v) is 3.57. The average molecular weight is 401 g/mol. The number of nitrogens with zero attached hydrogens (tertiary/aromatic N) is 1. The standard InChI is InChI=1S/C21H20FNO4S/c1-3-23-20(24)19(28-21(23)25)12-15-7-10-17(18(11-15)26-4-2)27-13-14-5-8-16(22)9-6-14/h5-12H,3-4,13H2,1-2H3/b19-12-. The van der Waals surface area contributed by atoms with E-state index in [2.05, 4.69) is 0 Å². The smallest absolute Gasteiger partial charge is 0.293 e. The van der Waals surface area contributed by atoms with Gasteiger partial charge in [-0.2, -0.15) is 0 Å². The maximum atomic E-state index is 13.0. The molecule has 0 saturated carbocycles. The zero-order valence-corrected chi connectivity index (χ0v) is 16.4. The number of carbonyl (C=O) groups is 2. The lowest BCUT2D eigenvalue weighted by atomic mass is 10.1. The van der Waals surface area contributed by atoms with E-state index < -0.39 is 0 Å². The molecule has 0 spiro atoms. The van der Waals surface area contributed by atoms with Crippen LogP contribution in [0.15, 0.2) is 47.4 Å². The second-order valence-corrected chi connectivity index (χ2v) is 6.97. The van der Waals surface area contributed by atoms with Crippen molar-refractivity contribution in [2.45, 2.75) is 20.5 Å². The minimum Gasteiger partial charge on any atom is -0.490 e. The number of carbonyl (C=O) groups excluding carboxylic acids is 2. The van der Waals surface area contributed by atoms with E-state index in [0.29, 0.717) is 29.6 Å². The molecule has 1 heterocycles. The van der Waals surface area contributed by atoms with E-state index >= 15 is 0 Å². The summed E-state index contributed by atoms with van der Waals surface area (Å²) in [5.74, 6) is 0.501. The van der Waals surface area contributed by atoms with E-state index in [4.69, 9.17) is 9.47 Å². The lowest BCUT2D eigenvalue weighted by molar-refractivity contribution is -0.122. The lowest BCUT2D eigenvalue weighted by Gasteiger charge is -2.13. The number of imide groups is 1. The van der Waals surface area contributed by atoms with Gasteiger partial charge >= 0.3 is 0 Å². The lowest BCUT2D eigenvalue weighted by Crippen LogP contribution is -2.27. The third kappa shape index (κ3) is 4.54. The van der Waals surface area contributed by atoms with E-state index in [1.54, 1.807) is 43.3 Å². The third-order valence-electron chi connectivity index (χ3n) is 4.06. The zero-order valence-electron chi connectivity index (χ0n) is 15.6. The number of ether oxygens (including phenoxy) is 2. The van der Waals surface area contributed by atoms with Crippen LogP contribution in [0.4, 0.5) is 9.18 Å². The van der Waals surface area contributed by atoms with Gasteiger partial charge in [0.25, 0.3) is 11.1 Å². The number of hydrogen-bond acceptors (Lipinski definition) is 5.